The third-order valence-corrected chi connectivity index (χ3v) is 18.5. The van der Waals surface area contributed by atoms with Crippen LogP contribution in [0.4, 0.5) is 0 Å². The molecule has 19 heteroatoms. The van der Waals surface area contributed by atoms with Gasteiger partial charge in [-0.15, -0.1) is 0 Å². The van der Waals surface area contributed by atoms with Gasteiger partial charge in [0.05, 0.1) is 26.4 Å². The fourth-order valence-corrected chi connectivity index (χ4v) is 12.4. The number of ether oxygens (including phenoxy) is 4. The molecule has 0 aliphatic carbocycles. The normalized spacial score (nSPS) is 14.2. The second-order valence-electron chi connectivity index (χ2n) is 27.9. The van der Waals surface area contributed by atoms with Crippen LogP contribution in [0.25, 0.3) is 0 Å². The molecule has 540 valence electrons. The summed E-state index contributed by atoms with van der Waals surface area (Å²) in [4.78, 5) is 72.6. The molecule has 91 heavy (non-hydrogen) atoms. The van der Waals surface area contributed by atoms with Gasteiger partial charge in [0.25, 0.3) is 0 Å². The molecule has 0 spiro atoms. The molecule has 0 rings (SSSR count). The van der Waals surface area contributed by atoms with Crippen LogP contribution in [0.1, 0.15) is 357 Å². The average molecular weight is 1340 g/mol. The fourth-order valence-electron chi connectivity index (χ4n) is 10.8. The molecule has 0 aliphatic heterocycles. The second-order valence-corrected chi connectivity index (χ2v) is 30.8. The number of hydrogen-bond acceptors (Lipinski definition) is 15. The van der Waals surface area contributed by atoms with Gasteiger partial charge in [-0.2, -0.15) is 0 Å². The van der Waals surface area contributed by atoms with Crippen molar-refractivity contribution >= 4 is 39.5 Å². The van der Waals surface area contributed by atoms with Crippen molar-refractivity contribution in [3.05, 3.63) is 0 Å². The lowest BCUT2D eigenvalue weighted by atomic mass is 10.0. The zero-order chi connectivity index (χ0) is 67.5. The predicted molar refractivity (Wildman–Crippen MR) is 367 cm³/mol. The summed E-state index contributed by atoms with van der Waals surface area (Å²) in [6.07, 6.45) is 44.4. The molecular formula is C72H140O17P2. The van der Waals surface area contributed by atoms with Crippen LogP contribution in [0.3, 0.4) is 0 Å². The molecule has 0 amide bonds. The first kappa shape index (κ1) is 89.1. The van der Waals surface area contributed by atoms with E-state index in [9.17, 15) is 43.2 Å². The zero-order valence-electron chi connectivity index (χ0n) is 59.5. The number of unbranched alkanes of at least 4 members (excludes halogenated alkanes) is 35. The van der Waals surface area contributed by atoms with Gasteiger partial charge in [0.15, 0.2) is 12.2 Å². The SMILES string of the molecule is CC(C)CCCCCCCCCCCCCC(=O)O[C@H](COC(=O)CCCCCCCCCCCCC(C)C)COP(=O)(O)OCC(O)COP(=O)(O)OC[C@@H](COC(=O)CCCCCCCCCC(C)C)OC(=O)CCCCCCCCCCCCCC(C)C. The van der Waals surface area contributed by atoms with Gasteiger partial charge < -0.3 is 33.8 Å². The third-order valence-electron chi connectivity index (χ3n) is 16.6. The lowest BCUT2D eigenvalue weighted by Crippen LogP contribution is -2.30. The highest BCUT2D eigenvalue weighted by Crippen LogP contribution is 2.45. The summed E-state index contributed by atoms with van der Waals surface area (Å²) in [6, 6.07) is 0. The molecule has 0 fully saturated rings. The maximum absolute atomic E-state index is 13.0. The van der Waals surface area contributed by atoms with E-state index in [0.29, 0.717) is 31.6 Å². The Morgan fingerprint density at radius 2 is 0.462 bits per heavy atom. The predicted octanol–water partition coefficient (Wildman–Crippen LogP) is 20.5. The summed E-state index contributed by atoms with van der Waals surface area (Å²) in [7, 11) is -9.91. The zero-order valence-corrected chi connectivity index (χ0v) is 61.3. The Morgan fingerprint density at radius 3 is 0.681 bits per heavy atom. The van der Waals surface area contributed by atoms with Gasteiger partial charge in [-0.1, -0.05) is 306 Å². The van der Waals surface area contributed by atoms with Crippen LogP contribution < -0.4 is 0 Å². The van der Waals surface area contributed by atoms with E-state index in [2.05, 4.69) is 55.4 Å². The van der Waals surface area contributed by atoms with Gasteiger partial charge in [-0.25, -0.2) is 9.13 Å². The molecule has 0 aromatic rings. The first-order valence-corrected chi connectivity index (χ1v) is 40.2. The smallest absolute Gasteiger partial charge is 0.462 e. The van der Waals surface area contributed by atoms with Crippen molar-refractivity contribution in [1.82, 2.24) is 0 Å². The molecule has 0 saturated heterocycles. The Hall–Kier alpha value is -1.94. The number of aliphatic hydroxyl groups excluding tert-OH is 1. The first-order chi connectivity index (χ1) is 43.6. The van der Waals surface area contributed by atoms with Crippen LogP contribution in [0.15, 0.2) is 0 Å². The van der Waals surface area contributed by atoms with Gasteiger partial charge in [0, 0.05) is 25.7 Å². The Kier molecular flexibility index (Phi) is 60.3. The molecular weight excluding hydrogens is 1200 g/mol. The molecule has 0 aromatic carbocycles. The minimum absolute atomic E-state index is 0.105. The minimum atomic E-state index is -4.95. The fraction of sp³-hybridized carbons (Fsp3) is 0.944. The number of carbonyl (C=O) groups is 4. The van der Waals surface area contributed by atoms with E-state index in [4.69, 9.17) is 37.0 Å². The first-order valence-electron chi connectivity index (χ1n) is 37.2. The van der Waals surface area contributed by atoms with Crippen LogP contribution in [-0.4, -0.2) is 96.7 Å². The number of esters is 4. The number of rotatable bonds is 69. The number of phosphoric ester groups is 2. The maximum atomic E-state index is 13.0. The van der Waals surface area contributed by atoms with E-state index >= 15 is 0 Å². The second kappa shape index (κ2) is 61.6. The third kappa shape index (κ3) is 66.5. The van der Waals surface area contributed by atoms with Crippen LogP contribution in [0.5, 0.6) is 0 Å². The summed E-state index contributed by atoms with van der Waals surface area (Å²) in [5, 5.41) is 10.6. The van der Waals surface area contributed by atoms with E-state index in [-0.39, 0.29) is 25.7 Å². The van der Waals surface area contributed by atoms with Crippen molar-refractivity contribution in [2.24, 2.45) is 23.7 Å². The monoisotopic (exact) mass is 1340 g/mol. The topological polar surface area (TPSA) is 237 Å². The molecule has 0 aliphatic rings. The number of carbonyl (C=O) groups excluding carboxylic acids is 4. The van der Waals surface area contributed by atoms with Crippen molar-refractivity contribution in [2.45, 2.75) is 375 Å². The Labute approximate surface area is 556 Å². The number of phosphoric acid groups is 2. The lowest BCUT2D eigenvalue weighted by molar-refractivity contribution is -0.161. The average Bonchev–Trinajstić information content (AvgIpc) is 3.54. The molecule has 17 nitrogen and oxygen atoms in total. The van der Waals surface area contributed by atoms with Crippen LogP contribution >= 0.6 is 15.6 Å². The molecule has 0 heterocycles. The van der Waals surface area contributed by atoms with E-state index < -0.39 is 97.5 Å². The van der Waals surface area contributed by atoms with Crippen molar-refractivity contribution < 1.29 is 80.2 Å². The van der Waals surface area contributed by atoms with Gasteiger partial charge >= 0.3 is 39.5 Å². The lowest BCUT2D eigenvalue weighted by Gasteiger charge is -2.21. The Balaban J connectivity index is 5.26. The van der Waals surface area contributed by atoms with Gasteiger partial charge in [0.1, 0.15) is 19.3 Å². The molecule has 0 aromatic heterocycles. The van der Waals surface area contributed by atoms with Gasteiger partial charge in [-0.3, -0.25) is 37.3 Å². The van der Waals surface area contributed by atoms with Gasteiger partial charge in [0.2, 0.25) is 0 Å². The van der Waals surface area contributed by atoms with Crippen LogP contribution in [0.2, 0.25) is 0 Å². The molecule has 0 saturated carbocycles. The summed E-state index contributed by atoms with van der Waals surface area (Å²) >= 11 is 0. The van der Waals surface area contributed by atoms with Crippen LogP contribution in [0, 0.1) is 23.7 Å². The van der Waals surface area contributed by atoms with E-state index in [1.807, 2.05) is 0 Å². The van der Waals surface area contributed by atoms with Crippen molar-refractivity contribution in [2.75, 3.05) is 39.6 Å². The summed E-state index contributed by atoms with van der Waals surface area (Å²) in [6.45, 7) is 14.1. The number of hydrogen-bond donors (Lipinski definition) is 3. The molecule has 5 atom stereocenters. The standard InChI is InChI=1S/C72H140O17P2/c1-62(2)48-40-32-24-17-11-9-13-21-29-38-46-54-71(76)88-67(58-82-69(74)52-44-36-28-20-16-15-19-26-34-42-50-64(5)6)60-86-90(78,79)84-56-66(73)57-85-91(80,81)87-61-68(59-83-70(75)53-45-37-31-23-27-35-43-51-65(7)8)89-72(77)55-47-39-30-22-14-10-12-18-25-33-41-49-63(3)4/h62-68,73H,9-61H2,1-8H3,(H,78,79)(H,80,81)/t66?,67-,68-/m1/s1. The summed E-state index contributed by atoms with van der Waals surface area (Å²) in [5.41, 5.74) is 0. The van der Waals surface area contributed by atoms with Crippen molar-refractivity contribution in [1.29, 1.82) is 0 Å². The molecule has 0 bridgehead atoms. The summed E-state index contributed by atoms with van der Waals surface area (Å²) < 4.78 is 68.4. The largest absolute Gasteiger partial charge is 0.472 e. The highest BCUT2D eigenvalue weighted by Gasteiger charge is 2.30. The molecule has 0 radical (unpaired) electrons. The summed E-state index contributed by atoms with van der Waals surface area (Å²) in [5.74, 6) is 0.868. The van der Waals surface area contributed by atoms with Crippen LogP contribution in [-0.2, 0) is 65.4 Å². The van der Waals surface area contributed by atoms with E-state index in [1.54, 1.807) is 0 Å². The van der Waals surface area contributed by atoms with Crippen molar-refractivity contribution in [3.8, 4) is 0 Å². The highest BCUT2D eigenvalue weighted by atomic mass is 31.2. The Bertz CT molecular complexity index is 1800. The quantitative estimate of drug-likeness (QED) is 0.0222. The van der Waals surface area contributed by atoms with E-state index in [0.717, 1.165) is 114 Å². The number of aliphatic hydroxyl groups is 1. The van der Waals surface area contributed by atoms with E-state index in [1.165, 1.54) is 154 Å². The maximum Gasteiger partial charge on any atom is 0.472 e. The van der Waals surface area contributed by atoms with Crippen molar-refractivity contribution in [3.63, 3.8) is 0 Å². The highest BCUT2D eigenvalue weighted by molar-refractivity contribution is 7.47. The Morgan fingerprint density at radius 1 is 0.275 bits per heavy atom. The molecule has 3 N–H and O–H groups in total. The minimum Gasteiger partial charge on any atom is -0.462 e. The molecule has 3 unspecified atom stereocenters. The van der Waals surface area contributed by atoms with Gasteiger partial charge in [-0.05, 0) is 49.4 Å².